The molecule has 4 rings (SSSR count). The van der Waals surface area contributed by atoms with Crippen LogP contribution in [-0.4, -0.2) is 25.9 Å². The van der Waals surface area contributed by atoms with Crippen molar-refractivity contribution >= 4 is 17.2 Å². The van der Waals surface area contributed by atoms with Gasteiger partial charge < -0.3 is 9.88 Å². The van der Waals surface area contributed by atoms with Gasteiger partial charge in [0.1, 0.15) is 11.5 Å². The summed E-state index contributed by atoms with van der Waals surface area (Å²) in [5.74, 6) is 1.98. The van der Waals surface area contributed by atoms with Crippen LogP contribution in [0, 0.1) is 0 Å². The predicted molar refractivity (Wildman–Crippen MR) is 80.0 cm³/mol. The maximum Gasteiger partial charge on any atom is 0.160 e. The van der Waals surface area contributed by atoms with E-state index in [-0.39, 0.29) is 0 Å². The predicted octanol–water partition coefficient (Wildman–Crippen LogP) is 2.75. The molecule has 0 amide bonds. The highest BCUT2D eigenvalue weighted by molar-refractivity contribution is 7.07. The molecule has 5 nitrogen and oxygen atoms in total. The molecule has 1 unspecified atom stereocenters. The van der Waals surface area contributed by atoms with Crippen LogP contribution in [0.1, 0.15) is 18.0 Å². The van der Waals surface area contributed by atoms with Crippen molar-refractivity contribution in [2.45, 2.75) is 12.5 Å². The number of fused-ring (bicyclic) bond motifs is 1. The Kier molecular flexibility index (Phi) is 2.63. The van der Waals surface area contributed by atoms with E-state index < -0.39 is 0 Å². The average molecular weight is 285 g/mol. The van der Waals surface area contributed by atoms with Crippen LogP contribution in [0.25, 0.3) is 11.5 Å². The summed E-state index contributed by atoms with van der Waals surface area (Å²) in [6.07, 6.45) is 4.81. The lowest BCUT2D eigenvalue weighted by atomic mass is 10.1. The fourth-order valence-electron chi connectivity index (χ4n) is 2.72. The summed E-state index contributed by atoms with van der Waals surface area (Å²) in [6.45, 7) is 0.978. The second-order valence-corrected chi connectivity index (χ2v) is 5.79. The third-order valence-corrected chi connectivity index (χ3v) is 4.43. The minimum atomic E-state index is 0.325. The molecule has 1 aliphatic heterocycles. The third kappa shape index (κ3) is 1.76. The molecule has 1 N–H and O–H groups in total. The van der Waals surface area contributed by atoms with Gasteiger partial charge in [0, 0.05) is 32.1 Å². The fourth-order valence-corrected chi connectivity index (χ4v) is 3.42. The molecule has 0 fully saturated rings. The lowest BCUT2D eigenvalue weighted by Gasteiger charge is -2.24. The number of aryl methyl sites for hydroxylation is 1. The molecule has 0 aliphatic carbocycles. The minimum absolute atomic E-state index is 0.325. The van der Waals surface area contributed by atoms with Gasteiger partial charge in [-0.3, -0.25) is 0 Å². The Morgan fingerprint density at radius 2 is 2.40 bits per heavy atom. The van der Waals surface area contributed by atoms with Crippen molar-refractivity contribution in [2.75, 3.05) is 11.9 Å². The number of thiophene rings is 1. The van der Waals surface area contributed by atoms with Crippen molar-refractivity contribution in [1.82, 2.24) is 19.3 Å². The summed E-state index contributed by atoms with van der Waals surface area (Å²) in [6, 6.07) is 4.60. The molecule has 0 spiro atoms. The first-order valence-corrected chi connectivity index (χ1v) is 7.60. The van der Waals surface area contributed by atoms with Crippen molar-refractivity contribution in [3.8, 4) is 11.5 Å². The van der Waals surface area contributed by atoms with E-state index in [0.717, 1.165) is 30.3 Å². The van der Waals surface area contributed by atoms with Gasteiger partial charge in [-0.15, -0.1) is 0 Å². The van der Waals surface area contributed by atoms with E-state index in [1.807, 2.05) is 17.8 Å². The monoisotopic (exact) mass is 285 g/mol. The third-order valence-electron chi connectivity index (χ3n) is 3.73. The highest BCUT2D eigenvalue weighted by Crippen LogP contribution is 2.32. The van der Waals surface area contributed by atoms with Gasteiger partial charge in [-0.1, -0.05) is 0 Å². The number of anilines is 1. The normalized spacial score (nSPS) is 17.8. The van der Waals surface area contributed by atoms with Crippen LogP contribution in [0.2, 0.25) is 0 Å². The molecule has 1 aliphatic rings. The molecule has 0 saturated heterocycles. The van der Waals surface area contributed by atoms with Crippen LogP contribution in [-0.2, 0) is 7.05 Å². The Morgan fingerprint density at radius 1 is 1.45 bits per heavy atom. The Bertz CT molecular complexity index is 725. The molecular weight excluding hydrogens is 270 g/mol. The first-order valence-electron chi connectivity index (χ1n) is 6.66. The number of hydrogen-bond donors (Lipinski definition) is 1. The lowest BCUT2D eigenvalue weighted by molar-refractivity contribution is 0.484. The highest BCUT2D eigenvalue weighted by Gasteiger charge is 2.24. The molecule has 4 heterocycles. The van der Waals surface area contributed by atoms with Gasteiger partial charge in [0.05, 0.1) is 6.04 Å². The summed E-state index contributed by atoms with van der Waals surface area (Å²) in [4.78, 5) is 4.38. The first kappa shape index (κ1) is 11.7. The summed E-state index contributed by atoms with van der Waals surface area (Å²) in [5.41, 5.74) is 2.26. The molecule has 1 atom stereocenters. The average Bonchev–Trinajstić information content (AvgIpc) is 3.17. The number of nitrogens with zero attached hydrogens (tertiary/aromatic N) is 4. The first-order chi connectivity index (χ1) is 9.83. The minimum Gasteiger partial charge on any atom is -0.370 e. The van der Waals surface area contributed by atoms with Crippen LogP contribution in [0.4, 0.5) is 5.82 Å². The van der Waals surface area contributed by atoms with Gasteiger partial charge in [-0.05, 0) is 28.8 Å². The Labute approximate surface area is 120 Å². The quantitative estimate of drug-likeness (QED) is 0.787. The maximum atomic E-state index is 4.77. The van der Waals surface area contributed by atoms with Gasteiger partial charge in [-0.2, -0.15) is 16.4 Å². The van der Waals surface area contributed by atoms with Crippen molar-refractivity contribution in [3.63, 3.8) is 0 Å². The maximum absolute atomic E-state index is 4.77. The molecule has 3 aromatic heterocycles. The number of hydrogen-bond acceptors (Lipinski definition) is 4. The molecule has 102 valence electrons. The van der Waals surface area contributed by atoms with E-state index in [2.05, 4.69) is 37.9 Å². The molecular formula is C14H15N5S. The van der Waals surface area contributed by atoms with E-state index in [1.54, 1.807) is 17.5 Å². The van der Waals surface area contributed by atoms with Crippen molar-refractivity contribution in [1.29, 1.82) is 0 Å². The Hall–Kier alpha value is -2.08. The van der Waals surface area contributed by atoms with Gasteiger partial charge in [0.15, 0.2) is 5.82 Å². The van der Waals surface area contributed by atoms with E-state index in [0.29, 0.717) is 6.04 Å². The summed E-state index contributed by atoms with van der Waals surface area (Å²) < 4.78 is 4.09. The zero-order valence-electron chi connectivity index (χ0n) is 11.2. The summed E-state index contributed by atoms with van der Waals surface area (Å²) in [5, 5.41) is 12.5. The second-order valence-electron chi connectivity index (χ2n) is 5.01. The van der Waals surface area contributed by atoms with Crippen LogP contribution < -0.4 is 5.32 Å². The number of rotatable bonds is 2. The van der Waals surface area contributed by atoms with E-state index in [1.165, 1.54) is 5.56 Å². The fraction of sp³-hybridized carbons (Fsp3) is 0.286. The van der Waals surface area contributed by atoms with Crippen LogP contribution in [0.15, 0.2) is 35.3 Å². The number of imidazole rings is 1. The van der Waals surface area contributed by atoms with Gasteiger partial charge in [0.2, 0.25) is 0 Å². The highest BCUT2D eigenvalue weighted by atomic mass is 32.1. The zero-order chi connectivity index (χ0) is 13.5. The molecule has 0 saturated carbocycles. The Balaban J connectivity index is 1.80. The van der Waals surface area contributed by atoms with Gasteiger partial charge in [-0.25, -0.2) is 9.67 Å². The van der Waals surface area contributed by atoms with Crippen molar-refractivity contribution in [3.05, 3.63) is 40.8 Å². The SMILES string of the molecule is Cn1ccnc1-c1cc2n(n1)C(c1ccsc1)CCN2. The summed E-state index contributed by atoms with van der Waals surface area (Å²) >= 11 is 1.74. The van der Waals surface area contributed by atoms with E-state index >= 15 is 0 Å². The zero-order valence-corrected chi connectivity index (χ0v) is 12.0. The lowest BCUT2D eigenvalue weighted by Crippen LogP contribution is -2.23. The molecule has 6 heteroatoms. The second kappa shape index (κ2) is 4.49. The summed E-state index contributed by atoms with van der Waals surface area (Å²) in [7, 11) is 1.99. The van der Waals surface area contributed by atoms with E-state index in [4.69, 9.17) is 5.10 Å². The molecule has 20 heavy (non-hydrogen) atoms. The molecule has 0 aromatic carbocycles. The molecule has 3 aromatic rings. The number of nitrogens with one attached hydrogen (secondary N) is 1. The topological polar surface area (TPSA) is 47.7 Å². The standard InChI is InChI=1S/C14H15N5S/c1-18-6-5-16-14(18)11-8-13-15-4-2-12(19(13)17-11)10-3-7-20-9-10/h3,5-9,12,15H,2,4H2,1H3. The molecule has 0 bridgehead atoms. The van der Waals surface area contributed by atoms with Crippen molar-refractivity contribution < 1.29 is 0 Å². The van der Waals surface area contributed by atoms with Gasteiger partial charge in [0.25, 0.3) is 0 Å². The smallest absolute Gasteiger partial charge is 0.160 e. The van der Waals surface area contributed by atoms with Crippen LogP contribution in [0.3, 0.4) is 0 Å². The van der Waals surface area contributed by atoms with Gasteiger partial charge >= 0.3 is 0 Å². The number of aromatic nitrogens is 4. The van der Waals surface area contributed by atoms with Crippen LogP contribution >= 0.6 is 11.3 Å². The van der Waals surface area contributed by atoms with E-state index in [9.17, 15) is 0 Å². The largest absolute Gasteiger partial charge is 0.370 e. The van der Waals surface area contributed by atoms with Crippen molar-refractivity contribution in [2.24, 2.45) is 7.05 Å². The molecule has 0 radical (unpaired) electrons. The van der Waals surface area contributed by atoms with Crippen LogP contribution in [0.5, 0.6) is 0 Å². The Morgan fingerprint density at radius 3 is 3.15 bits per heavy atom.